The zero-order valence-electron chi connectivity index (χ0n) is 20.0. The van der Waals surface area contributed by atoms with Crippen molar-refractivity contribution in [3.05, 3.63) is 41.4 Å². The molecule has 1 aliphatic rings. The number of alkyl halides is 3. The van der Waals surface area contributed by atoms with Gasteiger partial charge in [0.1, 0.15) is 17.0 Å². The van der Waals surface area contributed by atoms with Gasteiger partial charge in [-0.15, -0.1) is 0 Å². The van der Waals surface area contributed by atoms with Gasteiger partial charge in [0.05, 0.1) is 13.2 Å². The quantitative estimate of drug-likeness (QED) is 0.524. The third-order valence-corrected chi connectivity index (χ3v) is 6.02. The number of oxazole rings is 1. The SMILES string of the molecule is CCC(=O)N1CC[C@H](NC(=O)c2nc(-c3ccc(OC)c4nc(C(F)(F)F)ccc34)oc2[C@H](C)N)C1. The number of rotatable bonds is 6. The number of hydrogen-bond donors (Lipinski definition) is 2. The predicted molar refractivity (Wildman–Crippen MR) is 124 cm³/mol. The number of likely N-dealkylation sites (tertiary alicyclic amines) is 1. The Bertz CT molecular complexity index is 1300. The van der Waals surface area contributed by atoms with Crippen LogP contribution in [-0.2, 0) is 11.0 Å². The lowest BCUT2D eigenvalue weighted by Crippen LogP contribution is -2.39. The number of benzene rings is 1. The molecule has 1 fully saturated rings. The van der Waals surface area contributed by atoms with Crippen LogP contribution in [0.5, 0.6) is 5.75 Å². The van der Waals surface area contributed by atoms with E-state index in [1.807, 2.05) is 0 Å². The summed E-state index contributed by atoms with van der Waals surface area (Å²) >= 11 is 0. The van der Waals surface area contributed by atoms with Crippen LogP contribution in [0.2, 0.25) is 0 Å². The summed E-state index contributed by atoms with van der Waals surface area (Å²) in [6.45, 7) is 4.35. The van der Waals surface area contributed by atoms with Crippen LogP contribution in [0.4, 0.5) is 13.2 Å². The number of fused-ring (bicyclic) bond motifs is 1. The van der Waals surface area contributed by atoms with Gasteiger partial charge in [0.15, 0.2) is 11.5 Å². The number of halogens is 3. The maximum atomic E-state index is 13.3. The Balaban J connectivity index is 1.70. The Morgan fingerprint density at radius 3 is 2.67 bits per heavy atom. The van der Waals surface area contributed by atoms with Gasteiger partial charge < -0.3 is 25.1 Å². The first-order valence-electron chi connectivity index (χ1n) is 11.4. The minimum Gasteiger partial charge on any atom is -0.494 e. The second-order valence-electron chi connectivity index (χ2n) is 8.58. The number of pyridine rings is 1. The van der Waals surface area contributed by atoms with E-state index in [2.05, 4.69) is 15.3 Å². The second kappa shape index (κ2) is 9.76. The minimum absolute atomic E-state index is 0.0101. The van der Waals surface area contributed by atoms with E-state index in [0.717, 1.165) is 6.07 Å². The van der Waals surface area contributed by atoms with E-state index in [1.165, 1.54) is 19.2 Å². The zero-order chi connectivity index (χ0) is 26.2. The van der Waals surface area contributed by atoms with Gasteiger partial charge in [-0.05, 0) is 37.6 Å². The van der Waals surface area contributed by atoms with E-state index < -0.39 is 23.8 Å². The molecular weight excluding hydrogens is 479 g/mol. The van der Waals surface area contributed by atoms with Crippen molar-refractivity contribution >= 4 is 22.7 Å². The summed E-state index contributed by atoms with van der Waals surface area (Å²) in [7, 11) is 1.33. The van der Waals surface area contributed by atoms with Gasteiger partial charge in [-0.25, -0.2) is 9.97 Å². The number of nitrogens with one attached hydrogen (secondary N) is 1. The van der Waals surface area contributed by atoms with Gasteiger partial charge in [0, 0.05) is 36.5 Å². The number of amides is 2. The van der Waals surface area contributed by atoms with Crippen molar-refractivity contribution in [3.8, 4) is 17.2 Å². The lowest BCUT2D eigenvalue weighted by atomic mass is 10.1. The number of nitrogens with zero attached hydrogens (tertiary/aromatic N) is 3. The third-order valence-electron chi connectivity index (χ3n) is 6.02. The number of ether oxygens (including phenoxy) is 1. The smallest absolute Gasteiger partial charge is 0.433 e. The average molecular weight is 505 g/mol. The van der Waals surface area contributed by atoms with Gasteiger partial charge in [-0.1, -0.05) is 6.92 Å². The fourth-order valence-electron chi connectivity index (χ4n) is 4.20. The summed E-state index contributed by atoms with van der Waals surface area (Å²) in [5.41, 5.74) is 5.24. The molecule has 1 aromatic carbocycles. The van der Waals surface area contributed by atoms with Crippen LogP contribution in [0.25, 0.3) is 22.4 Å². The molecule has 36 heavy (non-hydrogen) atoms. The Hall–Kier alpha value is -3.67. The van der Waals surface area contributed by atoms with Crippen LogP contribution in [0.15, 0.2) is 28.7 Å². The first-order chi connectivity index (χ1) is 17.0. The van der Waals surface area contributed by atoms with Crippen LogP contribution < -0.4 is 15.8 Å². The summed E-state index contributed by atoms with van der Waals surface area (Å²) in [5, 5.41) is 3.18. The highest BCUT2D eigenvalue weighted by molar-refractivity contribution is 5.98. The van der Waals surface area contributed by atoms with Gasteiger partial charge >= 0.3 is 6.18 Å². The molecule has 2 amide bonds. The van der Waals surface area contributed by atoms with E-state index >= 15 is 0 Å². The molecule has 12 heteroatoms. The third kappa shape index (κ3) is 4.85. The molecule has 0 saturated carbocycles. The first kappa shape index (κ1) is 25.4. The number of hydrogen-bond acceptors (Lipinski definition) is 7. The van der Waals surface area contributed by atoms with Gasteiger partial charge in [-0.3, -0.25) is 9.59 Å². The highest BCUT2D eigenvalue weighted by Crippen LogP contribution is 2.37. The average Bonchev–Trinajstić information content (AvgIpc) is 3.49. The molecule has 0 aliphatic carbocycles. The maximum Gasteiger partial charge on any atom is 0.433 e. The van der Waals surface area contributed by atoms with E-state index in [0.29, 0.717) is 36.9 Å². The minimum atomic E-state index is -4.64. The molecule has 3 aromatic rings. The molecule has 0 unspecified atom stereocenters. The lowest BCUT2D eigenvalue weighted by molar-refractivity contribution is -0.141. The summed E-state index contributed by atoms with van der Waals surface area (Å²) in [5.74, 6) is -0.213. The largest absolute Gasteiger partial charge is 0.494 e. The molecule has 1 saturated heterocycles. The van der Waals surface area contributed by atoms with Crippen molar-refractivity contribution in [1.29, 1.82) is 0 Å². The number of carbonyl (C=O) groups excluding carboxylic acids is 2. The molecule has 0 bridgehead atoms. The number of aromatic nitrogens is 2. The molecule has 4 rings (SSSR count). The predicted octanol–water partition coefficient (Wildman–Crippen LogP) is 3.68. The standard InChI is InChI=1S/C24H26F3N5O4/c1-4-18(33)32-10-9-13(11-32)29-22(34)20-21(12(2)28)36-23(31-20)15-5-7-16(35-3)19-14(15)6-8-17(30-19)24(25,26)27/h5-8,12-13H,4,9-11,28H2,1-3H3,(H,29,34)/t12-,13-/m0/s1. The monoisotopic (exact) mass is 505 g/mol. The molecule has 192 valence electrons. The van der Waals surface area contributed by atoms with E-state index in [4.69, 9.17) is 14.9 Å². The molecular formula is C24H26F3N5O4. The molecule has 0 radical (unpaired) electrons. The molecule has 9 nitrogen and oxygen atoms in total. The highest BCUT2D eigenvalue weighted by atomic mass is 19.4. The molecule has 2 atom stereocenters. The fraction of sp³-hybridized carbons (Fsp3) is 0.417. The summed E-state index contributed by atoms with van der Waals surface area (Å²) in [6.07, 6.45) is -3.65. The number of carbonyl (C=O) groups is 2. The van der Waals surface area contributed by atoms with Crippen LogP contribution in [0.3, 0.4) is 0 Å². The van der Waals surface area contributed by atoms with E-state index in [1.54, 1.807) is 24.8 Å². The molecule has 1 aliphatic heterocycles. The van der Waals surface area contributed by atoms with Crippen LogP contribution >= 0.6 is 0 Å². The molecule has 3 heterocycles. The fourth-order valence-corrected chi connectivity index (χ4v) is 4.20. The number of methoxy groups -OCH3 is 1. The molecule has 0 spiro atoms. The Labute approximate surface area is 204 Å². The Morgan fingerprint density at radius 1 is 1.28 bits per heavy atom. The van der Waals surface area contributed by atoms with Crippen molar-refractivity contribution in [1.82, 2.24) is 20.2 Å². The van der Waals surface area contributed by atoms with E-state index in [9.17, 15) is 22.8 Å². The Morgan fingerprint density at radius 2 is 2.03 bits per heavy atom. The van der Waals surface area contributed by atoms with Crippen molar-refractivity contribution in [2.45, 2.75) is 44.9 Å². The van der Waals surface area contributed by atoms with Gasteiger partial charge in [0.2, 0.25) is 11.8 Å². The van der Waals surface area contributed by atoms with Crippen molar-refractivity contribution in [2.75, 3.05) is 20.2 Å². The number of nitrogens with two attached hydrogens (primary N) is 1. The molecule has 3 N–H and O–H groups in total. The van der Waals surface area contributed by atoms with Gasteiger partial charge in [0.25, 0.3) is 5.91 Å². The van der Waals surface area contributed by atoms with Crippen molar-refractivity contribution in [2.24, 2.45) is 5.73 Å². The zero-order valence-corrected chi connectivity index (χ0v) is 20.0. The normalized spacial score (nSPS) is 16.9. The Kier molecular flexibility index (Phi) is 6.90. The molecule has 2 aromatic heterocycles. The maximum absolute atomic E-state index is 13.3. The van der Waals surface area contributed by atoms with Crippen LogP contribution in [-0.4, -0.2) is 52.9 Å². The van der Waals surface area contributed by atoms with Gasteiger partial charge in [-0.2, -0.15) is 13.2 Å². The van der Waals surface area contributed by atoms with Crippen LogP contribution in [0.1, 0.15) is 54.7 Å². The first-order valence-corrected chi connectivity index (χ1v) is 11.4. The van der Waals surface area contributed by atoms with Crippen LogP contribution in [0, 0.1) is 0 Å². The summed E-state index contributed by atoms with van der Waals surface area (Å²) in [4.78, 5) is 34.8. The van der Waals surface area contributed by atoms with Crippen molar-refractivity contribution in [3.63, 3.8) is 0 Å². The highest BCUT2D eigenvalue weighted by Gasteiger charge is 2.34. The lowest BCUT2D eigenvalue weighted by Gasteiger charge is -2.16. The summed E-state index contributed by atoms with van der Waals surface area (Å²) in [6, 6.07) is 4.21. The topological polar surface area (TPSA) is 124 Å². The second-order valence-corrected chi connectivity index (χ2v) is 8.58. The summed E-state index contributed by atoms with van der Waals surface area (Å²) < 4.78 is 50.8. The van der Waals surface area contributed by atoms with E-state index in [-0.39, 0.29) is 40.6 Å². The van der Waals surface area contributed by atoms with Crippen molar-refractivity contribution < 1.29 is 31.9 Å².